The van der Waals surface area contributed by atoms with Crippen molar-refractivity contribution >= 4 is 39.4 Å². The van der Waals surface area contributed by atoms with Crippen LogP contribution in [0.3, 0.4) is 0 Å². The van der Waals surface area contributed by atoms with E-state index in [0.717, 1.165) is 35.3 Å². The summed E-state index contributed by atoms with van der Waals surface area (Å²) in [5, 5.41) is 7.32. The lowest BCUT2D eigenvalue weighted by molar-refractivity contribution is 0.0739. The van der Waals surface area contributed by atoms with Gasteiger partial charge in [-0.05, 0) is 30.5 Å². The highest BCUT2D eigenvalue weighted by atomic mass is 32.1. The number of aromatic nitrogens is 3. The molecule has 1 aliphatic rings. The second kappa shape index (κ2) is 7.03. The van der Waals surface area contributed by atoms with Gasteiger partial charge in [-0.25, -0.2) is 9.97 Å². The molecule has 1 saturated heterocycles. The third-order valence-corrected chi connectivity index (χ3v) is 6.64. The second-order valence-electron chi connectivity index (χ2n) is 6.78. The number of thiophene rings is 1. The number of carbonyl (C=O) groups is 1. The lowest BCUT2D eigenvalue weighted by Gasteiger charge is -2.34. The first-order valence-electron chi connectivity index (χ1n) is 9.17. The molecule has 5 heterocycles. The number of fused-ring (bicyclic) bond motifs is 1. The number of imidazole rings is 1. The summed E-state index contributed by atoms with van der Waals surface area (Å²) in [7, 11) is 0. The highest BCUT2D eigenvalue weighted by molar-refractivity contribution is 7.14. The molecule has 0 bridgehead atoms. The van der Waals surface area contributed by atoms with Gasteiger partial charge in [0.15, 0.2) is 5.13 Å². The van der Waals surface area contributed by atoms with Crippen molar-refractivity contribution in [2.24, 2.45) is 0 Å². The molecule has 0 atom stereocenters. The van der Waals surface area contributed by atoms with Gasteiger partial charge in [0.25, 0.3) is 5.91 Å². The fourth-order valence-electron chi connectivity index (χ4n) is 3.57. The average molecular weight is 410 g/mol. The zero-order valence-corrected chi connectivity index (χ0v) is 17.0. The van der Waals surface area contributed by atoms with E-state index in [4.69, 9.17) is 4.98 Å². The summed E-state index contributed by atoms with van der Waals surface area (Å²) in [5.41, 5.74) is 4.45. The number of aryl methyl sites for hydroxylation is 1. The Morgan fingerprint density at radius 2 is 1.93 bits per heavy atom. The minimum atomic E-state index is 0.0500. The van der Waals surface area contributed by atoms with Crippen LogP contribution in [0.25, 0.3) is 16.9 Å². The number of anilines is 1. The Morgan fingerprint density at radius 3 is 2.71 bits per heavy atom. The fourth-order valence-corrected chi connectivity index (χ4v) is 5.11. The van der Waals surface area contributed by atoms with E-state index in [2.05, 4.69) is 32.1 Å². The van der Waals surface area contributed by atoms with E-state index < -0.39 is 0 Å². The molecule has 4 aromatic rings. The SMILES string of the molecule is Cc1nc2ccccn2c1C(=O)N1CCN(c2nc(-c3ccsc3)cs2)CC1. The summed E-state index contributed by atoms with van der Waals surface area (Å²) in [4.78, 5) is 26.6. The molecule has 0 unspecified atom stereocenters. The molecule has 0 saturated carbocycles. The van der Waals surface area contributed by atoms with Gasteiger partial charge in [0.1, 0.15) is 11.3 Å². The molecule has 0 aliphatic carbocycles. The molecular weight excluding hydrogens is 390 g/mol. The quantitative estimate of drug-likeness (QED) is 0.517. The Kier molecular flexibility index (Phi) is 4.37. The first-order valence-corrected chi connectivity index (χ1v) is 11.0. The van der Waals surface area contributed by atoms with Gasteiger partial charge in [-0.3, -0.25) is 9.20 Å². The number of hydrogen-bond acceptors (Lipinski definition) is 6. The standard InChI is InChI=1S/C20H19N5OS2/c1-14-18(25-6-3-2-4-17(25)21-14)19(26)23-7-9-24(10-8-23)20-22-16(13-28-20)15-5-11-27-12-15/h2-6,11-13H,7-10H2,1H3. The summed E-state index contributed by atoms with van der Waals surface area (Å²) >= 11 is 3.35. The van der Waals surface area contributed by atoms with Crippen LogP contribution in [0.1, 0.15) is 16.2 Å². The third-order valence-electron chi connectivity index (χ3n) is 5.05. The van der Waals surface area contributed by atoms with Crippen LogP contribution in [0.2, 0.25) is 0 Å². The zero-order chi connectivity index (χ0) is 19.1. The van der Waals surface area contributed by atoms with Crippen molar-refractivity contribution in [2.75, 3.05) is 31.1 Å². The van der Waals surface area contributed by atoms with E-state index in [-0.39, 0.29) is 5.91 Å². The number of hydrogen-bond donors (Lipinski definition) is 0. The maximum atomic E-state index is 13.1. The van der Waals surface area contributed by atoms with Crippen LogP contribution < -0.4 is 4.90 Å². The van der Waals surface area contributed by atoms with E-state index in [9.17, 15) is 4.79 Å². The Morgan fingerprint density at radius 1 is 1.07 bits per heavy atom. The van der Waals surface area contributed by atoms with Gasteiger partial charge >= 0.3 is 0 Å². The van der Waals surface area contributed by atoms with Gasteiger partial charge in [-0.15, -0.1) is 11.3 Å². The number of amides is 1. The topological polar surface area (TPSA) is 53.7 Å². The number of rotatable bonds is 3. The fraction of sp³-hybridized carbons (Fsp3) is 0.250. The van der Waals surface area contributed by atoms with Crippen molar-refractivity contribution in [3.8, 4) is 11.3 Å². The van der Waals surface area contributed by atoms with Gasteiger partial charge in [-0.1, -0.05) is 6.07 Å². The maximum absolute atomic E-state index is 13.1. The van der Waals surface area contributed by atoms with Gasteiger partial charge in [0.05, 0.1) is 11.4 Å². The summed E-state index contributed by atoms with van der Waals surface area (Å²) in [5.74, 6) is 0.0500. The minimum Gasteiger partial charge on any atom is -0.345 e. The molecule has 5 rings (SSSR count). The van der Waals surface area contributed by atoms with Crippen molar-refractivity contribution in [3.63, 3.8) is 0 Å². The Balaban J connectivity index is 1.30. The Hall–Kier alpha value is -2.71. The summed E-state index contributed by atoms with van der Waals surface area (Å²) < 4.78 is 1.89. The molecule has 1 amide bonds. The first-order chi connectivity index (χ1) is 13.7. The van der Waals surface area contributed by atoms with Crippen LogP contribution >= 0.6 is 22.7 Å². The lowest BCUT2D eigenvalue weighted by Crippen LogP contribution is -2.49. The molecule has 28 heavy (non-hydrogen) atoms. The van der Waals surface area contributed by atoms with Crippen LogP contribution in [0.15, 0.2) is 46.6 Å². The van der Waals surface area contributed by atoms with E-state index in [1.165, 1.54) is 5.56 Å². The van der Waals surface area contributed by atoms with Crippen LogP contribution in [-0.4, -0.2) is 51.4 Å². The number of piperazine rings is 1. The van der Waals surface area contributed by atoms with Crippen molar-refractivity contribution < 1.29 is 4.79 Å². The average Bonchev–Trinajstić information content (AvgIpc) is 3.46. The predicted octanol–water partition coefficient (Wildman–Crippen LogP) is 3.79. The third kappa shape index (κ3) is 2.98. The van der Waals surface area contributed by atoms with E-state index in [1.54, 1.807) is 22.7 Å². The smallest absolute Gasteiger partial charge is 0.272 e. The number of carbonyl (C=O) groups excluding carboxylic acids is 1. The Bertz CT molecular complexity index is 1120. The number of thiazole rings is 1. The van der Waals surface area contributed by atoms with Gasteiger partial charge in [0, 0.05) is 48.7 Å². The van der Waals surface area contributed by atoms with Crippen LogP contribution in [0, 0.1) is 6.92 Å². The Labute approximate surface area is 170 Å². The molecule has 0 spiro atoms. The minimum absolute atomic E-state index is 0.0500. The van der Waals surface area contributed by atoms with E-state index >= 15 is 0 Å². The molecular formula is C20H19N5OS2. The summed E-state index contributed by atoms with van der Waals surface area (Å²) in [6.07, 6.45) is 1.90. The maximum Gasteiger partial charge on any atom is 0.272 e. The molecule has 1 fully saturated rings. The normalized spacial score (nSPS) is 14.8. The van der Waals surface area contributed by atoms with Crippen LogP contribution in [-0.2, 0) is 0 Å². The molecule has 0 aromatic carbocycles. The molecule has 6 nitrogen and oxygen atoms in total. The molecule has 0 N–H and O–H groups in total. The molecule has 0 radical (unpaired) electrons. The van der Waals surface area contributed by atoms with Crippen molar-refractivity contribution in [3.05, 3.63) is 58.0 Å². The van der Waals surface area contributed by atoms with Gasteiger partial charge < -0.3 is 9.80 Å². The van der Waals surface area contributed by atoms with Crippen molar-refractivity contribution in [2.45, 2.75) is 6.92 Å². The zero-order valence-electron chi connectivity index (χ0n) is 15.4. The predicted molar refractivity (Wildman–Crippen MR) is 113 cm³/mol. The lowest BCUT2D eigenvalue weighted by atomic mass is 10.2. The van der Waals surface area contributed by atoms with Crippen LogP contribution in [0.5, 0.6) is 0 Å². The number of nitrogens with zero attached hydrogens (tertiary/aromatic N) is 5. The molecule has 4 aromatic heterocycles. The summed E-state index contributed by atoms with van der Waals surface area (Å²) in [6, 6.07) is 7.89. The van der Waals surface area contributed by atoms with Crippen molar-refractivity contribution in [1.82, 2.24) is 19.3 Å². The molecule has 1 aliphatic heterocycles. The van der Waals surface area contributed by atoms with E-state index in [0.29, 0.717) is 18.8 Å². The van der Waals surface area contributed by atoms with Crippen molar-refractivity contribution in [1.29, 1.82) is 0 Å². The highest BCUT2D eigenvalue weighted by Crippen LogP contribution is 2.29. The molecule has 142 valence electrons. The second-order valence-corrected chi connectivity index (χ2v) is 8.40. The number of pyridine rings is 1. The molecule has 8 heteroatoms. The van der Waals surface area contributed by atoms with Crippen LogP contribution in [0.4, 0.5) is 5.13 Å². The van der Waals surface area contributed by atoms with Gasteiger partial charge in [0.2, 0.25) is 0 Å². The largest absolute Gasteiger partial charge is 0.345 e. The highest BCUT2D eigenvalue weighted by Gasteiger charge is 2.27. The van der Waals surface area contributed by atoms with E-state index in [1.807, 2.05) is 40.6 Å². The van der Waals surface area contributed by atoms with Gasteiger partial charge in [-0.2, -0.15) is 11.3 Å². The first kappa shape index (κ1) is 17.4. The monoisotopic (exact) mass is 409 g/mol. The summed E-state index contributed by atoms with van der Waals surface area (Å²) in [6.45, 7) is 4.85.